The fourth-order valence-corrected chi connectivity index (χ4v) is 1.41. The van der Waals surface area contributed by atoms with E-state index in [1.165, 1.54) is 0 Å². The van der Waals surface area contributed by atoms with Crippen LogP contribution in [-0.4, -0.2) is 42.3 Å². The first-order valence-corrected chi connectivity index (χ1v) is 5.57. The molecular formula is C11H20N2O2. The van der Waals surface area contributed by atoms with E-state index in [9.17, 15) is 9.59 Å². The van der Waals surface area contributed by atoms with Crippen LogP contribution in [0.25, 0.3) is 0 Å². The van der Waals surface area contributed by atoms with E-state index in [-0.39, 0.29) is 17.7 Å². The molecule has 4 nitrogen and oxygen atoms in total. The van der Waals surface area contributed by atoms with Gasteiger partial charge in [-0.2, -0.15) is 0 Å². The Labute approximate surface area is 91.0 Å². The van der Waals surface area contributed by atoms with Gasteiger partial charge in [0.15, 0.2) is 0 Å². The van der Waals surface area contributed by atoms with Gasteiger partial charge in [-0.3, -0.25) is 14.5 Å². The summed E-state index contributed by atoms with van der Waals surface area (Å²) in [7, 11) is 1.81. The molecule has 0 bridgehead atoms. The number of hydrogen-bond donors (Lipinski definition) is 1. The Morgan fingerprint density at radius 1 is 1.47 bits per heavy atom. The van der Waals surface area contributed by atoms with Crippen molar-refractivity contribution in [2.24, 2.45) is 0 Å². The van der Waals surface area contributed by atoms with Crippen molar-refractivity contribution in [3.63, 3.8) is 0 Å². The summed E-state index contributed by atoms with van der Waals surface area (Å²) >= 11 is 0. The number of amides is 1. The van der Waals surface area contributed by atoms with Crippen molar-refractivity contribution in [1.29, 1.82) is 0 Å². The minimum Gasteiger partial charge on any atom is -0.352 e. The first kappa shape index (κ1) is 12.2. The lowest BCUT2D eigenvalue weighted by Crippen LogP contribution is -2.43. The van der Waals surface area contributed by atoms with Crippen LogP contribution in [0.3, 0.4) is 0 Å². The summed E-state index contributed by atoms with van der Waals surface area (Å²) in [5.74, 6) is 0.201. The zero-order chi connectivity index (χ0) is 11.4. The molecule has 0 aromatic carbocycles. The van der Waals surface area contributed by atoms with Gasteiger partial charge in [-0.25, -0.2) is 0 Å². The van der Waals surface area contributed by atoms with Crippen molar-refractivity contribution in [3.8, 4) is 0 Å². The maximum Gasteiger partial charge on any atom is 0.234 e. The largest absolute Gasteiger partial charge is 0.352 e. The topological polar surface area (TPSA) is 49.4 Å². The third-order valence-corrected chi connectivity index (χ3v) is 2.81. The average Bonchev–Trinajstić information content (AvgIpc) is 2.98. The summed E-state index contributed by atoms with van der Waals surface area (Å²) in [5, 5.41) is 2.90. The lowest BCUT2D eigenvalue weighted by Gasteiger charge is -2.22. The molecule has 1 rings (SSSR count). The van der Waals surface area contributed by atoms with Crippen LogP contribution in [0.4, 0.5) is 0 Å². The van der Waals surface area contributed by atoms with Gasteiger partial charge in [-0.15, -0.1) is 0 Å². The van der Waals surface area contributed by atoms with Crippen molar-refractivity contribution in [1.82, 2.24) is 10.2 Å². The Morgan fingerprint density at radius 2 is 2.07 bits per heavy atom. The van der Waals surface area contributed by atoms with Crippen LogP contribution in [0, 0.1) is 0 Å². The number of carbonyl (C=O) groups is 2. The highest BCUT2D eigenvalue weighted by Crippen LogP contribution is 2.18. The van der Waals surface area contributed by atoms with E-state index in [2.05, 4.69) is 5.32 Å². The van der Waals surface area contributed by atoms with E-state index in [1.54, 1.807) is 4.90 Å². The maximum absolute atomic E-state index is 11.5. The first-order valence-electron chi connectivity index (χ1n) is 5.57. The number of rotatable bonds is 6. The molecule has 15 heavy (non-hydrogen) atoms. The summed E-state index contributed by atoms with van der Waals surface area (Å²) in [6.45, 7) is 4.00. The molecule has 1 saturated carbocycles. The van der Waals surface area contributed by atoms with Gasteiger partial charge in [-0.1, -0.05) is 6.92 Å². The monoisotopic (exact) mass is 212 g/mol. The highest BCUT2D eigenvalue weighted by atomic mass is 16.2. The van der Waals surface area contributed by atoms with Gasteiger partial charge in [-0.05, 0) is 26.8 Å². The van der Waals surface area contributed by atoms with Crippen LogP contribution in [-0.2, 0) is 9.59 Å². The third-order valence-electron chi connectivity index (χ3n) is 2.81. The number of nitrogens with zero attached hydrogens (tertiary/aromatic N) is 1. The quantitative estimate of drug-likeness (QED) is 0.700. The van der Waals surface area contributed by atoms with E-state index in [1.807, 2.05) is 20.9 Å². The highest BCUT2D eigenvalue weighted by molar-refractivity contribution is 5.84. The van der Waals surface area contributed by atoms with Crippen molar-refractivity contribution in [2.45, 2.75) is 45.2 Å². The van der Waals surface area contributed by atoms with E-state index in [4.69, 9.17) is 0 Å². The molecule has 0 heterocycles. The Bertz CT molecular complexity index is 249. The summed E-state index contributed by atoms with van der Waals surface area (Å²) in [6.07, 6.45) is 2.72. The second kappa shape index (κ2) is 5.26. The number of likely N-dealkylation sites (N-methyl/N-ethyl adjacent to an activating group) is 1. The molecule has 0 aliphatic heterocycles. The van der Waals surface area contributed by atoms with Gasteiger partial charge in [0, 0.05) is 12.5 Å². The van der Waals surface area contributed by atoms with Crippen molar-refractivity contribution in [2.75, 3.05) is 13.6 Å². The molecule has 0 aromatic heterocycles. The third kappa shape index (κ3) is 4.00. The second-order valence-electron chi connectivity index (χ2n) is 4.25. The molecule has 1 aliphatic rings. The standard InChI is InChI=1S/C11H20N2O2/c1-4-10(14)8(2)13(3)7-11(15)12-9-5-6-9/h8-9H,4-7H2,1-3H3,(H,12,15). The Hall–Kier alpha value is -0.900. The van der Waals surface area contributed by atoms with Gasteiger partial charge < -0.3 is 5.32 Å². The van der Waals surface area contributed by atoms with Gasteiger partial charge in [0.1, 0.15) is 5.78 Å². The molecule has 0 spiro atoms. The van der Waals surface area contributed by atoms with Crippen LogP contribution in [0.5, 0.6) is 0 Å². The highest BCUT2D eigenvalue weighted by Gasteiger charge is 2.25. The normalized spacial score (nSPS) is 17.6. The smallest absolute Gasteiger partial charge is 0.234 e. The second-order valence-corrected chi connectivity index (χ2v) is 4.25. The fourth-order valence-electron chi connectivity index (χ4n) is 1.41. The van der Waals surface area contributed by atoms with E-state index >= 15 is 0 Å². The molecule has 1 fully saturated rings. The SMILES string of the molecule is CCC(=O)C(C)N(C)CC(=O)NC1CC1. The Balaban J connectivity index is 2.29. The van der Waals surface area contributed by atoms with Crippen LogP contribution < -0.4 is 5.32 Å². The molecule has 1 N–H and O–H groups in total. The zero-order valence-electron chi connectivity index (χ0n) is 9.75. The van der Waals surface area contributed by atoms with E-state index in [0.29, 0.717) is 19.0 Å². The number of nitrogens with one attached hydrogen (secondary N) is 1. The van der Waals surface area contributed by atoms with Crippen molar-refractivity contribution < 1.29 is 9.59 Å². The first-order chi connectivity index (χ1) is 7.04. The molecule has 4 heteroatoms. The fraction of sp³-hybridized carbons (Fsp3) is 0.818. The van der Waals surface area contributed by atoms with Gasteiger partial charge in [0.25, 0.3) is 0 Å². The predicted octanol–water partition coefficient (Wildman–Crippen LogP) is 0.564. The van der Waals surface area contributed by atoms with Gasteiger partial charge >= 0.3 is 0 Å². The van der Waals surface area contributed by atoms with Crippen LogP contribution in [0.15, 0.2) is 0 Å². The predicted molar refractivity (Wildman–Crippen MR) is 58.6 cm³/mol. The lowest BCUT2D eigenvalue weighted by molar-refractivity contribution is -0.126. The Kier molecular flexibility index (Phi) is 4.27. The van der Waals surface area contributed by atoms with Crippen LogP contribution in [0.1, 0.15) is 33.1 Å². The van der Waals surface area contributed by atoms with E-state index in [0.717, 1.165) is 12.8 Å². The summed E-state index contributed by atoms with van der Waals surface area (Å²) < 4.78 is 0. The molecule has 1 unspecified atom stereocenters. The Morgan fingerprint density at radius 3 is 2.53 bits per heavy atom. The molecule has 0 saturated heterocycles. The summed E-state index contributed by atoms with van der Waals surface area (Å²) in [4.78, 5) is 24.6. The maximum atomic E-state index is 11.5. The van der Waals surface area contributed by atoms with Gasteiger partial charge in [0.2, 0.25) is 5.91 Å². The molecule has 1 aliphatic carbocycles. The van der Waals surface area contributed by atoms with Gasteiger partial charge in [0.05, 0.1) is 12.6 Å². The number of ketones is 1. The summed E-state index contributed by atoms with van der Waals surface area (Å²) in [6, 6.07) is 0.225. The number of Topliss-reactive ketones (excluding diaryl/α,β-unsaturated/α-hetero) is 1. The number of hydrogen-bond acceptors (Lipinski definition) is 3. The van der Waals surface area contributed by atoms with Crippen LogP contribution in [0.2, 0.25) is 0 Å². The average molecular weight is 212 g/mol. The lowest BCUT2D eigenvalue weighted by atomic mass is 10.1. The van der Waals surface area contributed by atoms with E-state index < -0.39 is 0 Å². The van der Waals surface area contributed by atoms with Crippen molar-refractivity contribution >= 4 is 11.7 Å². The molecule has 1 amide bonds. The molecule has 0 aromatic rings. The number of carbonyl (C=O) groups excluding carboxylic acids is 2. The zero-order valence-corrected chi connectivity index (χ0v) is 9.75. The molecule has 0 radical (unpaired) electrons. The minimum atomic E-state index is -0.167. The summed E-state index contributed by atoms with van der Waals surface area (Å²) in [5.41, 5.74) is 0. The molecule has 1 atom stereocenters. The molecular weight excluding hydrogens is 192 g/mol. The minimum absolute atomic E-state index is 0.0238. The van der Waals surface area contributed by atoms with Crippen LogP contribution >= 0.6 is 0 Å². The van der Waals surface area contributed by atoms with Crippen molar-refractivity contribution in [3.05, 3.63) is 0 Å². The molecule has 86 valence electrons.